The van der Waals surface area contributed by atoms with Crippen LogP contribution in [0.25, 0.3) is 0 Å². The molecular weight excluding hydrogens is 475 g/mol. The molecule has 2 saturated heterocycles. The van der Waals surface area contributed by atoms with E-state index in [0.717, 1.165) is 44.9 Å². The summed E-state index contributed by atoms with van der Waals surface area (Å²) in [6.07, 6.45) is 2.93. The molecule has 1 atom stereocenters. The number of likely N-dealkylation sites (tertiary alicyclic amines) is 1. The van der Waals surface area contributed by atoms with Gasteiger partial charge in [-0.15, -0.1) is 24.0 Å². The molecule has 6 nitrogen and oxygen atoms in total. The Hall–Kier alpha value is -0.870. The number of nitrogens with one attached hydrogen (secondary N) is 2. The normalized spacial score (nSPS) is 23.6. The second kappa shape index (κ2) is 10.6. The second-order valence-electron chi connectivity index (χ2n) is 7.40. The number of aliphatic imine (C=N–C) groups is 1. The lowest BCUT2D eigenvalue weighted by atomic mass is 10.0. The number of halogens is 1. The average Bonchev–Trinajstić information content (AvgIpc) is 3.00. The van der Waals surface area contributed by atoms with Crippen LogP contribution < -0.4 is 10.6 Å². The van der Waals surface area contributed by atoms with Crippen LogP contribution in [0.1, 0.15) is 24.8 Å². The molecule has 0 bridgehead atoms. The average molecular weight is 506 g/mol. The number of piperidine rings is 1. The van der Waals surface area contributed by atoms with Crippen LogP contribution in [0, 0.1) is 5.92 Å². The maximum atomic E-state index is 11.6. The molecule has 3 rings (SSSR count). The Kier molecular flexibility index (Phi) is 8.81. The zero-order chi connectivity index (χ0) is 18.4. The van der Waals surface area contributed by atoms with Crippen LogP contribution in [0.2, 0.25) is 0 Å². The molecule has 8 heteroatoms. The van der Waals surface area contributed by atoms with Crippen molar-refractivity contribution in [2.75, 3.05) is 38.2 Å². The number of benzene rings is 1. The van der Waals surface area contributed by atoms with Crippen LogP contribution in [-0.4, -0.2) is 63.5 Å². The maximum absolute atomic E-state index is 11.6. The van der Waals surface area contributed by atoms with Gasteiger partial charge in [0.1, 0.15) is 0 Å². The molecule has 0 amide bonds. The minimum Gasteiger partial charge on any atom is -0.356 e. The lowest BCUT2D eigenvalue weighted by Crippen LogP contribution is -2.49. The van der Waals surface area contributed by atoms with E-state index >= 15 is 0 Å². The predicted molar refractivity (Wildman–Crippen MR) is 121 cm³/mol. The molecule has 0 aliphatic carbocycles. The highest BCUT2D eigenvalue weighted by Crippen LogP contribution is 2.17. The van der Waals surface area contributed by atoms with E-state index in [1.165, 1.54) is 5.56 Å². The van der Waals surface area contributed by atoms with Crippen molar-refractivity contribution in [3.8, 4) is 0 Å². The fourth-order valence-electron chi connectivity index (χ4n) is 3.74. The zero-order valence-electron chi connectivity index (χ0n) is 15.9. The summed E-state index contributed by atoms with van der Waals surface area (Å²) in [6, 6.07) is 11.0. The molecule has 2 fully saturated rings. The first kappa shape index (κ1) is 22.4. The molecule has 0 radical (unpaired) electrons. The molecule has 2 aliphatic rings. The predicted octanol–water partition coefficient (Wildman–Crippen LogP) is 1.87. The van der Waals surface area contributed by atoms with E-state index in [-0.39, 0.29) is 29.9 Å². The standard InChI is InChI=1S/C19H30N4O2S.HI/c1-20-19(21-13-17-9-12-26(24,25)15-17)22-18-7-10-23(11-8-18)14-16-5-3-2-4-6-16;/h2-6,17-18H,7-15H2,1H3,(H2,20,21,22);1H. The van der Waals surface area contributed by atoms with Crippen molar-refractivity contribution in [1.29, 1.82) is 0 Å². The van der Waals surface area contributed by atoms with Crippen molar-refractivity contribution in [3.63, 3.8) is 0 Å². The minimum absolute atomic E-state index is 0. The minimum atomic E-state index is -2.82. The maximum Gasteiger partial charge on any atom is 0.191 e. The topological polar surface area (TPSA) is 73.8 Å². The van der Waals surface area contributed by atoms with E-state index in [1.807, 2.05) is 0 Å². The Bertz CT molecular complexity index is 704. The highest BCUT2D eigenvalue weighted by Gasteiger charge is 2.28. The van der Waals surface area contributed by atoms with Gasteiger partial charge < -0.3 is 10.6 Å². The summed E-state index contributed by atoms with van der Waals surface area (Å²) < 4.78 is 23.1. The lowest BCUT2D eigenvalue weighted by Gasteiger charge is -2.33. The monoisotopic (exact) mass is 506 g/mol. The van der Waals surface area contributed by atoms with E-state index in [0.29, 0.717) is 24.1 Å². The van der Waals surface area contributed by atoms with Crippen molar-refractivity contribution < 1.29 is 8.42 Å². The summed E-state index contributed by atoms with van der Waals surface area (Å²) in [5.41, 5.74) is 1.36. The van der Waals surface area contributed by atoms with Crippen LogP contribution in [0.5, 0.6) is 0 Å². The first-order chi connectivity index (χ1) is 12.5. The van der Waals surface area contributed by atoms with E-state index in [4.69, 9.17) is 0 Å². The molecule has 0 saturated carbocycles. The van der Waals surface area contributed by atoms with Gasteiger partial charge in [-0.2, -0.15) is 0 Å². The van der Waals surface area contributed by atoms with Gasteiger partial charge >= 0.3 is 0 Å². The van der Waals surface area contributed by atoms with Crippen molar-refractivity contribution in [2.24, 2.45) is 10.9 Å². The molecule has 0 spiro atoms. The Morgan fingerprint density at radius 3 is 2.48 bits per heavy atom. The molecule has 152 valence electrons. The van der Waals surface area contributed by atoms with E-state index in [9.17, 15) is 8.42 Å². The molecular formula is C19H31IN4O2S. The largest absolute Gasteiger partial charge is 0.356 e. The first-order valence-electron chi connectivity index (χ1n) is 9.48. The third kappa shape index (κ3) is 7.23. The van der Waals surface area contributed by atoms with Gasteiger partial charge in [-0.05, 0) is 30.7 Å². The summed E-state index contributed by atoms with van der Waals surface area (Å²) >= 11 is 0. The molecule has 1 aromatic rings. The smallest absolute Gasteiger partial charge is 0.191 e. The molecule has 1 aromatic carbocycles. The SMILES string of the molecule is CN=C(NCC1CCS(=O)(=O)C1)NC1CCN(Cc2ccccc2)CC1.I. The van der Waals surface area contributed by atoms with Crippen LogP contribution in [0.4, 0.5) is 0 Å². The van der Waals surface area contributed by atoms with E-state index in [2.05, 4.69) is 50.9 Å². The van der Waals surface area contributed by atoms with Crippen molar-refractivity contribution >= 4 is 39.8 Å². The number of guanidine groups is 1. The second-order valence-corrected chi connectivity index (χ2v) is 9.63. The van der Waals surface area contributed by atoms with Gasteiger partial charge in [-0.25, -0.2) is 8.42 Å². The summed E-state index contributed by atoms with van der Waals surface area (Å²) in [7, 11) is -1.05. The molecule has 0 aromatic heterocycles. The molecule has 2 heterocycles. The summed E-state index contributed by atoms with van der Waals surface area (Å²) in [5.74, 6) is 1.61. The highest BCUT2D eigenvalue weighted by atomic mass is 127. The Morgan fingerprint density at radius 1 is 1.19 bits per heavy atom. The van der Waals surface area contributed by atoms with Gasteiger partial charge in [0, 0.05) is 39.3 Å². The zero-order valence-corrected chi connectivity index (χ0v) is 19.1. The fourth-order valence-corrected chi connectivity index (χ4v) is 5.60. The van der Waals surface area contributed by atoms with Crippen LogP contribution in [0.15, 0.2) is 35.3 Å². The van der Waals surface area contributed by atoms with Crippen LogP contribution in [-0.2, 0) is 16.4 Å². The number of sulfone groups is 1. The Balaban J connectivity index is 0.00000261. The summed E-state index contributed by atoms with van der Waals surface area (Å²) in [4.78, 5) is 6.79. The third-order valence-electron chi connectivity index (χ3n) is 5.29. The van der Waals surface area contributed by atoms with Gasteiger partial charge in [0.05, 0.1) is 11.5 Å². The fraction of sp³-hybridized carbons (Fsp3) is 0.632. The lowest BCUT2D eigenvalue weighted by molar-refractivity contribution is 0.198. The molecule has 2 N–H and O–H groups in total. The van der Waals surface area contributed by atoms with Gasteiger partial charge in [0.15, 0.2) is 15.8 Å². The number of nitrogens with zero attached hydrogens (tertiary/aromatic N) is 2. The number of hydrogen-bond donors (Lipinski definition) is 2. The highest BCUT2D eigenvalue weighted by molar-refractivity contribution is 14.0. The van der Waals surface area contributed by atoms with Gasteiger partial charge in [-0.1, -0.05) is 30.3 Å². The van der Waals surface area contributed by atoms with Crippen molar-refractivity contribution in [3.05, 3.63) is 35.9 Å². The molecule has 2 aliphatic heterocycles. The van der Waals surface area contributed by atoms with Crippen LogP contribution >= 0.6 is 24.0 Å². The number of hydrogen-bond acceptors (Lipinski definition) is 4. The van der Waals surface area contributed by atoms with Crippen molar-refractivity contribution in [2.45, 2.75) is 31.8 Å². The van der Waals surface area contributed by atoms with Gasteiger partial charge in [0.2, 0.25) is 0 Å². The van der Waals surface area contributed by atoms with Gasteiger partial charge in [0.25, 0.3) is 0 Å². The summed E-state index contributed by atoms with van der Waals surface area (Å²) in [5, 5.41) is 6.81. The first-order valence-corrected chi connectivity index (χ1v) is 11.3. The molecule has 27 heavy (non-hydrogen) atoms. The van der Waals surface area contributed by atoms with Crippen LogP contribution in [0.3, 0.4) is 0 Å². The Labute approximate surface area is 180 Å². The summed E-state index contributed by atoms with van der Waals surface area (Å²) in [6.45, 7) is 3.83. The number of rotatable bonds is 5. The van der Waals surface area contributed by atoms with Crippen molar-refractivity contribution in [1.82, 2.24) is 15.5 Å². The third-order valence-corrected chi connectivity index (χ3v) is 7.12. The van der Waals surface area contributed by atoms with E-state index < -0.39 is 9.84 Å². The quantitative estimate of drug-likeness (QED) is 0.363. The van der Waals surface area contributed by atoms with E-state index in [1.54, 1.807) is 7.05 Å². The molecule has 1 unspecified atom stereocenters. The Morgan fingerprint density at radius 2 is 1.89 bits per heavy atom. The van der Waals surface area contributed by atoms with Gasteiger partial charge in [-0.3, -0.25) is 9.89 Å².